The normalized spacial score (nSPS) is 17.3. The average Bonchev–Trinajstić information content (AvgIpc) is 2.78. The summed E-state index contributed by atoms with van der Waals surface area (Å²) in [5.74, 6) is 1.65. The molecule has 0 saturated carbocycles. The van der Waals surface area contributed by atoms with Crippen LogP contribution in [0, 0.1) is 0 Å². The van der Waals surface area contributed by atoms with Gasteiger partial charge in [-0.15, -0.1) is 0 Å². The predicted molar refractivity (Wildman–Crippen MR) is 126 cm³/mol. The number of nitrogens with one attached hydrogen (secondary N) is 2. The largest absolute Gasteiger partial charge is 0.497 e. The number of benzene rings is 2. The summed E-state index contributed by atoms with van der Waals surface area (Å²) >= 11 is 0. The van der Waals surface area contributed by atoms with Crippen molar-refractivity contribution in [1.29, 1.82) is 0 Å². The summed E-state index contributed by atoms with van der Waals surface area (Å²) in [4.78, 5) is 7.08. The van der Waals surface area contributed by atoms with E-state index in [1.54, 1.807) is 26.3 Å². The molecule has 1 saturated heterocycles. The molecule has 0 spiro atoms. The third kappa shape index (κ3) is 6.62. The van der Waals surface area contributed by atoms with Crippen molar-refractivity contribution in [1.82, 2.24) is 10.6 Å². The molecule has 0 radical (unpaired) electrons. The maximum Gasteiger partial charge on any atom is 0.191 e. The Bertz CT molecular complexity index is 990. The summed E-state index contributed by atoms with van der Waals surface area (Å²) in [6.07, 6.45) is 4.21. The summed E-state index contributed by atoms with van der Waals surface area (Å²) in [6, 6.07) is 15.5. The van der Waals surface area contributed by atoms with Gasteiger partial charge in [0.2, 0.25) is 0 Å². The minimum atomic E-state index is -3.16. The molecule has 1 heterocycles. The lowest BCUT2D eigenvalue weighted by Gasteiger charge is -2.35. The van der Waals surface area contributed by atoms with E-state index in [-0.39, 0.29) is 0 Å². The molecule has 1 unspecified atom stereocenters. The van der Waals surface area contributed by atoms with E-state index < -0.39 is 9.84 Å². The fourth-order valence-corrected chi connectivity index (χ4v) is 4.38. The molecule has 8 heteroatoms. The van der Waals surface area contributed by atoms with Gasteiger partial charge in [-0.3, -0.25) is 4.99 Å². The van der Waals surface area contributed by atoms with Gasteiger partial charge in [0.25, 0.3) is 0 Å². The second-order valence-electron chi connectivity index (χ2n) is 7.80. The minimum Gasteiger partial charge on any atom is -0.497 e. The number of ether oxygens (including phenoxy) is 1. The number of aliphatic imine (C=N–C) groups is 1. The van der Waals surface area contributed by atoms with E-state index in [1.807, 2.05) is 24.3 Å². The maximum absolute atomic E-state index is 11.6. The van der Waals surface area contributed by atoms with Crippen molar-refractivity contribution >= 4 is 21.5 Å². The summed E-state index contributed by atoms with van der Waals surface area (Å²) < 4.78 is 28.5. The molecule has 1 fully saturated rings. The first-order chi connectivity index (χ1) is 14.9. The molecule has 0 amide bonds. The second kappa shape index (κ2) is 10.5. The first kappa shape index (κ1) is 22.9. The van der Waals surface area contributed by atoms with Crippen LogP contribution in [-0.4, -0.2) is 60.5 Å². The smallest absolute Gasteiger partial charge is 0.191 e. The van der Waals surface area contributed by atoms with E-state index in [0.29, 0.717) is 17.5 Å². The fourth-order valence-electron chi connectivity index (χ4n) is 3.75. The van der Waals surface area contributed by atoms with Gasteiger partial charge in [0.1, 0.15) is 5.75 Å². The zero-order valence-electron chi connectivity index (χ0n) is 18.5. The third-order valence-corrected chi connectivity index (χ3v) is 6.59. The lowest BCUT2D eigenvalue weighted by molar-refractivity contribution is 0.414. The number of nitrogens with zero attached hydrogens (tertiary/aromatic N) is 2. The van der Waals surface area contributed by atoms with Crippen LogP contribution in [0.25, 0.3) is 0 Å². The summed E-state index contributed by atoms with van der Waals surface area (Å²) in [5.41, 5.74) is 2.25. The molecule has 31 heavy (non-hydrogen) atoms. The Morgan fingerprint density at radius 2 is 2.00 bits per heavy atom. The zero-order chi connectivity index (χ0) is 22.3. The molecule has 2 aromatic carbocycles. The number of anilines is 1. The number of methoxy groups -OCH3 is 1. The first-order valence-corrected chi connectivity index (χ1v) is 12.4. The molecule has 2 aromatic rings. The van der Waals surface area contributed by atoms with Crippen molar-refractivity contribution in [2.24, 2.45) is 4.99 Å². The summed E-state index contributed by atoms with van der Waals surface area (Å²) in [7, 11) is 0.308. The standard InChI is InChI=1S/C23H32N4O3S/c1-24-23(25-14-13-18-9-11-22(12-10-18)31(3,28)29)26-19-6-5-15-27(17-19)20-7-4-8-21(16-20)30-2/h4,7-12,16,19H,5-6,13-15,17H2,1-3H3,(H2,24,25,26). The van der Waals surface area contributed by atoms with Gasteiger partial charge in [-0.1, -0.05) is 18.2 Å². The summed E-state index contributed by atoms with van der Waals surface area (Å²) in [5, 5.41) is 6.90. The van der Waals surface area contributed by atoms with E-state index in [4.69, 9.17) is 4.74 Å². The molecule has 168 valence electrons. The summed E-state index contributed by atoms with van der Waals surface area (Å²) in [6.45, 7) is 2.64. The van der Waals surface area contributed by atoms with Gasteiger partial charge in [-0.25, -0.2) is 8.42 Å². The third-order valence-electron chi connectivity index (χ3n) is 5.46. The highest BCUT2D eigenvalue weighted by atomic mass is 32.2. The highest BCUT2D eigenvalue weighted by Crippen LogP contribution is 2.24. The van der Waals surface area contributed by atoms with E-state index in [2.05, 4.69) is 32.7 Å². The van der Waals surface area contributed by atoms with Gasteiger partial charge in [-0.05, 0) is 49.1 Å². The number of hydrogen-bond donors (Lipinski definition) is 2. The number of guanidine groups is 1. The van der Waals surface area contributed by atoms with Crippen molar-refractivity contribution in [3.8, 4) is 5.75 Å². The van der Waals surface area contributed by atoms with Gasteiger partial charge in [0.15, 0.2) is 15.8 Å². The van der Waals surface area contributed by atoms with Gasteiger partial charge in [0, 0.05) is 50.7 Å². The Labute approximate surface area is 185 Å². The van der Waals surface area contributed by atoms with Crippen LogP contribution in [0.15, 0.2) is 58.4 Å². The maximum atomic E-state index is 11.6. The second-order valence-corrected chi connectivity index (χ2v) is 9.81. The van der Waals surface area contributed by atoms with Crippen LogP contribution in [0.3, 0.4) is 0 Å². The van der Waals surface area contributed by atoms with Crippen LogP contribution in [0.4, 0.5) is 5.69 Å². The van der Waals surface area contributed by atoms with Crippen LogP contribution >= 0.6 is 0 Å². The Morgan fingerprint density at radius 1 is 1.23 bits per heavy atom. The van der Waals surface area contributed by atoms with Crippen molar-refractivity contribution in [2.75, 3.05) is 44.9 Å². The van der Waals surface area contributed by atoms with Crippen LogP contribution in [0.1, 0.15) is 18.4 Å². The monoisotopic (exact) mass is 444 g/mol. The number of rotatable bonds is 7. The first-order valence-electron chi connectivity index (χ1n) is 10.5. The lowest BCUT2D eigenvalue weighted by Crippen LogP contribution is -2.51. The number of piperidine rings is 1. The minimum absolute atomic E-state index is 0.306. The number of hydrogen-bond acceptors (Lipinski definition) is 5. The molecular formula is C23H32N4O3S. The zero-order valence-corrected chi connectivity index (χ0v) is 19.3. The average molecular weight is 445 g/mol. The highest BCUT2D eigenvalue weighted by molar-refractivity contribution is 7.90. The topological polar surface area (TPSA) is 83.0 Å². The predicted octanol–water partition coefficient (Wildman–Crippen LogP) is 2.48. The van der Waals surface area contributed by atoms with Gasteiger partial charge >= 0.3 is 0 Å². The molecule has 2 N–H and O–H groups in total. The van der Waals surface area contributed by atoms with Crippen molar-refractivity contribution in [2.45, 2.75) is 30.2 Å². The van der Waals surface area contributed by atoms with E-state index in [0.717, 1.165) is 49.6 Å². The molecule has 3 rings (SSSR count). The van der Waals surface area contributed by atoms with Crippen molar-refractivity contribution in [3.05, 3.63) is 54.1 Å². The SMILES string of the molecule is CN=C(NCCc1ccc(S(C)(=O)=O)cc1)NC1CCCN(c2cccc(OC)c2)C1. The molecule has 0 aliphatic carbocycles. The Morgan fingerprint density at radius 3 is 2.68 bits per heavy atom. The molecule has 1 aliphatic rings. The van der Waals surface area contributed by atoms with Crippen LogP contribution in [0.2, 0.25) is 0 Å². The Kier molecular flexibility index (Phi) is 7.79. The van der Waals surface area contributed by atoms with E-state index >= 15 is 0 Å². The molecule has 0 aromatic heterocycles. The Hall–Kier alpha value is -2.74. The molecule has 7 nitrogen and oxygen atoms in total. The number of sulfone groups is 1. The van der Waals surface area contributed by atoms with Crippen LogP contribution < -0.4 is 20.3 Å². The van der Waals surface area contributed by atoms with E-state index in [9.17, 15) is 8.42 Å². The van der Waals surface area contributed by atoms with Crippen LogP contribution in [-0.2, 0) is 16.3 Å². The van der Waals surface area contributed by atoms with Gasteiger partial charge in [0.05, 0.1) is 12.0 Å². The molecular weight excluding hydrogens is 412 g/mol. The van der Waals surface area contributed by atoms with Gasteiger partial charge < -0.3 is 20.3 Å². The lowest BCUT2D eigenvalue weighted by atomic mass is 10.0. The Balaban J connectivity index is 1.50. The fraction of sp³-hybridized carbons (Fsp3) is 0.435. The quantitative estimate of drug-likeness (QED) is 0.504. The van der Waals surface area contributed by atoms with E-state index in [1.165, 1.54) is 11.9 Å². The van der Waals surface area contributed by atoms with Crippen LogP contribution in [0.5, 0.6) is 5.75 Å². The molecule has 0 bridgehead atoms. The molecule has 1 atom stereocenters. The molecule has 1 aliphatic heterocycles. The van der Waals surface area contributed by atoms with Crippen molar-refractivity contribution < 1.29 is 13.2 Å². The van der Waals surface area contributed by atoms with Gasteiger partial charge in [-0.2, -0.15) is 0 Å². The van der Waals surface area contributed by atoms with Crippen molar-refractivity contribution in [3.63, 3.8) is 0 Å². The highest BCUT2D eigenvalue weighted by Gasteiger charge is 2.21.